The molecular weight excluding hydrogens is 223 g/mol. The van der Waals surface area contributed by atoms with Gasteiger partial charge in [-0.1, -0.05) is 12.1 Å². The van der Waals surface area contributed by atoms with Crippen LogP contribution >= 0.6 is 15.9 Å². The molecule has 66 valence electrons. The van der Waals surface area contributed by atoms with E-state index in [9.17, 15) is 4.39 Å². The fourth-order valence-electron chi connectivity index (χ4n) is 1.02. The third-order valence-corrected chi connectivity index (χ3v) is 2.16. The topological polar surface area (TPSA) is 20.2 Å². The van der Waals surface area contributed by atoms with Crippen LogP contribution in [0.1, 0.15) is 12.5 Å². The molecule has 0 bridgehead atoms. The van der Waals surface area contributed by atoms with Gasteiger partial charge in [-0.05, 0) is 34.5 Å². The lowest BCUT2D eigenvalue weighted by Crippen LogP contribution is -2.06. The number of benzene rings is 1. The molecule has 12 heavy (non-hydrogen) atoms. The number of hydrogen-bond acceptors (Lipinski definition) is 1. The fourth-order valence-corrected chi connectivity index (χ4v) is 1.43. The average molecular weight is 233 g/mol. The number of rotatable bonds is 2. The van der Waals surface area contributed by atoms with Gasteiger partial charge in [0.1, 0.15) is 5.82 Å². The Morgan fingerprint density at radius 2 is 2.25 bits per heavy atom. The Kier molecular flexibility index (Phi) is 3.23. The molecule has 3 heteroatoms. The molecule has 0 aliphatic carbocycles. The first kappa shape index (κ1) is 9.68. The predicted molar refractivity (Wildman–Crippen MR) is 49.5 cm³/mol. The first-order chi connectivity index (χ1) is 5.61. The van der Waals surface area contributed by atoms with Gasteiger partial charge in [0.2, 0.25) is 0 Å². The smallest absolute Gasteiger partial charge is 0.140 e. The Morgan fingerprint density at radius 1 is 1.58 bits per heavy atom. The van der Waals surface area contributed by atoms with Crippen LogP contribution in [0.15, 0.2) is 22.7 Å². The van der Waals surface area contributed by atoms with Crippen molar-refractivity contribution in [2.75, 3.05) is 0 Å². The van der Waals surface area contributed by atoms with Gasteiger partial charge in [-0.3, -0.25) is 0 Å². The maximum atomic E-state index is 13.2. The van der Waals surface area contributed by atoms with Crippen molar-refractivity contribution in [2.24, 2.45) is 0 Å². The number of hydrogen-bond donors (Lipinski definition) is 1. The fraction of sp³-hybridized carbons (Fsp3) is 0.333. The van der Waals surface area contributed by atoms with Crippen molar-refractivity contribution in [1.29, 1.82) is 0 Å². The summed E-state index contributed by atoms with van der Waals surface area (Å²) in [7, 11) is 0. The van der Waals surface area contributed by atoms with E-state index in [-0.39, 0.29) is 5.82 Å². The summed E-state index contributed by atoms with van der Waals surface area (Å²) in [6.07, 6.45) is -0.153. The average Bonchev–Trinajstić information content (AvgIpc) is 1.98. The van der Waals surface area contributed by atoms with E-state index in [1.807, 2.05) is 0 Å². The van der Waals surface area contributed by atoms with Gasteiger partial charge in [0.15, 0.2) is 0 Å². The molecule has 1 nitrogen and oxygen atoms in total. The molecule has 1 atom stereocenters. The van der Waals surface area contributed by atoms with E-state index in [4.69, 9.17) is 5.11 Å². The van der Waals surface area contributed by atoms with Gasteiger partial charge in [-0.25, -0.2) is 4.39 Å². The molecule has 0 saturated carbocycles. The van der Waals surface area contributed by atoms with Crippen LogP contribution in [0, 0.1) is 5.82 Å². The van der Waals surface area contributed by atoms with E-state index in [1.54, 1.807) is 25.1 Å². The van der Waals surface area contributed by atoms with E-state index in [1.165, 1.54) is 0 Å². The van der Waals surface area contributed by atoms with E-state index in [0.29, 0.717) is 16.5 Å². The van der Waals surface area contributed by atoms with Gasteiger partial charge in [-0.2, -0.15) is 0 Å². The molecule has 0 radical (unpaired) electrons. The molecule has 1 aromatic carbocycles. The maximum absolute atomic E-state index is 13.2. The van der Waals surface area contributed by atoms with Crippen LogP contribution in [-0.4, -0.2) is 11.2 Å². The van der Waals surface area contributed by atoms with E-state index in [0.717, 1.165) is 0 Å². The van der Waals surface area contributed by atoms with Gasteiger partial charge in [-0.15, -0.1) is 0 Å². The summed E-state index contributed by atoms with van der Waals surface area (Å²) < 4.78 is 13.6. The highest BCUT2D eigenvalue weighted by Gasteiger charge is 2.07. The Labute approximate surface area is 79.4 Å². The van der Waals surface area contributed by atoms with Gasteiger partial charge in [0.25, 0.3) is 0 Å². The van der Waals surface area contributed by atoms with E-state index >= 15 is 0 Å². The minimum Gasteiger partial charge on any atom is -0.393 e. The van der Waals surface area contributed by atoms with Gasteiger partial charge in [0, 0.05) is 6.42 Å². The summed E-state index contributed by atoms with van der Waals surface area (Å²) in [5.74, 6) is -0.279. The maximum Gasteiger partial charge on any atom is 0.140 e. The van der Waals surface area contributed by atoms with Gasteiger partial charge >= 0.3 is 0 Å². The quantitative estimate of drug-likeness (QED) is 0.832. The van der Waals surface area contributed by atoms with Crippen LogP contribution in [0.25, 0.3) is 0 Å². The SMILES string of the molecule is C[C@@H](O)Cc1cccc(Br)c1F. The molecule has 0 unspecified atom stereocenters. The molecule has 1 N–H and O–H groups in total. The highest BCUT2D eigenvalue weighted by Crippen LogP contribution is 2.19. The molecule has 0 heterocycles. The van der Waals surface area contributed by atoms with Crippen molar-refractivity contribution in [1.82, 2.24) is 0 Å². The summed E-state index contributed by atoms with van der Waals surface area (Å²) in [6.45, 7) is 1.64. The Balaban J connectivity index is 2.92. The first-order valence-electron chi connectivity index (χ1n) is 3.72. The molecule has 0 aromatic heterocycles. The second kappa shape index (κ2) is 4.01. The lowest BCUT2D eigenvalue weighted by Gasteiger charge is -2.06. The highest BCUT2D eigenvalue weighted by molar-refractivity contribution is 9.10. The first-order valence-corrected chi connectivity index (χ1v) is 4.51. The van der Waals surface area contributed by atoms with Crippen LogP contribution in [0.4, 0.5) is 4.39 Å². The third kappa shape index (κ3) is 2.29. The van der Waals surface area contributed by atoms with Crippen molar-refractivity contribution in [3.8, 4) is 0 Å². The zero-order valence-electron chi connectivity index (χ0n) is 6.72. The largest absolute Gasteiger partial charge is 0.393 e. The lowest BCUT2D eigenvalue weighted by molar-refractivity contribution is 0.194. The van der Waals surface area contributed by atoms with Crippen LogP contribution in [-0.2, 0) is 6.42 Å². The van der Waals surface area contributed by atoms with Crippen molar-refractivity contribution in [2.45, 2.75) is 19.4 Å². The minimum absolute atomic E-state index is 0.279. The van der Waals surface area contributed by atoms with Crippen molar-refractivity contribution in [3.63, 3.8) is 0 Å². The Hall–Kier alpha value is -0.410. The second-order valence-electron chi connectivity index (χ2n) is 2.77. The number of aliphatic hydroxyl groups is 1. The molecule has 0 fully saturated rings. The van der Waals surface area contributed by atoms with E-state index < -0.39 is 6.10 Å². The van der Waals surface area contributed by atoms with Crippen molar-refractivity contribution >= 4 is 15.9 Å². The second-order valence-corrected chi connectivity index (χ2v) is 3.62. The summed E-state index contributed by atoms with van der Waals surface area (Å²) in [5.41, 5.74) is 0.541. The molecule has 1 aromatic rings. The van der Waals surface area contributed by atoms with Gasteiger partial charge in [0.05, 0.1) is 10.6 Å². The number of halogens is 2. The molecule has 0 aliphatic rings. The molecule has 1 rings (SSSR count). The zero-order valence-corrected chi connectivity index (χ0v) is 8.31. The van der Waals surface area contributed by atoms with Crippen molar-refractivity contribution in [3.05, 3.63) is 34.1 Å². The predicted octanol–water partition coefficient (Wildman–Crippen LogP) is 2.51. The Bertz CT molecular complexity index is 273. The normalized spacial score (nSPS) is 13.0. The van der Waals surface area contributed by atoms with Crippen LogP contribution < -0.4 is 0 Å². The molecular formula is C9H10BrFO. The van der Waals surface area contributed by atoms with Crippen molar-refractivity contribution < 1.29 is 9.50 Å². The minimum atomic E-state index is -0.506. The lowest BCUT2D eigenvalue weighted by atomic mass is 10.1. The molecule has 0 aliphatic heterocycles. The third-order valence-electron chi connectivity index (χ3n) is 1.55. The monoisotopic (exact) mass is 232 g/mol. The highest BCUT2D eigenvalue weighted by atomic mass is 79.9. The summed E-state index contributed by atoms with van der Waals surface area (Å²) in [4.78, 5) is 0. The van der Waals surface area contributed by atoms with Crippen LogP contribution in [0.5, 0.6) is 0 Å². The van der Waals surface area contributed by atoms with Crippen LogP contribution in [0.3, 0.4) is 0 Å². The summed E-state index contributed by atoms with van der Waals surface area (Å²) >= 11 is 3.08. The molecule has 0 amide bonds. The molecule has 0 spiro atoms. The zero-order chi connectivity index (χ0) is 9.14. The summed E-state index contributed by atoms with van der Waals surface area (Å²) in [6, 6.07) is 5.07. The Morgan fingerprint density at radius 3 is 2.83 bits per heavy atom. The number of aliphatic hydroxyl groups excluding tert-OH is 1. The van der Waals surface area contributed by atoms with Gasteiger partial charge < -0.3 is 5.11 Å². The summed E-state index contributed by atoms with van der Waals surface area (Å²) in [5, 5.41) is 9.04. The van der Waals surface area contributed by atoms with Crippen LogP contribution in [0.2, 0.25) is 0 Å². The molecule has 0 saturated heterocycles. The van der Waals surface area contributed by atoms with E-state index in [2.05, 4.69) is 15.9 Å². The standard InChI is InChI=1S/C9H10BrFO/c1-6(12)5-7-3-2-4-8(10)9(7)11/h2-4,6,12H,5H2,1H3/t6-/m1/s1.